The molecule has 124 valence electrons. The van der Waals surface area contributed by atoms with E-state index in [-0.39, 0.29) is 22.9 Å². The number of ether oxygens (including phenoxy) is 1. The summed E-state index contributed by atoms with van der Waals surface area (Å²) >= 11 is 1.17. The molecule has 1 amide bonds. The third-order valence-corrected chi connectivity index (χ3v) is 6.10. The van der Waals surface area contributed by atoms with E-state index in [4.69, 9.17) is 4.74 Å². The first-order valence-corrected chi connectivity index (χ1v) is 9.58. The molecule has 0 radical (unpaired) electrons. The summed E-state index contributed by atoms with van der Waals surface area (Å²) in [6, 6.07) is 3.10. The SMILES string of the molecule is CC(C)(C)OC(=O)N1CCCC1CNS(=O)(=O)c1cccs1. The average molecular weight is 346 g/mol. The second-order valence-corrected chi connectivity index (χ2v) is 9.20. The molecule has 2 heterocycles. The minimum Gasteiger partial charge on any atom is -0.444 e. The topological polar surface area (TPSA) is 75.7 Å². The quantitative estimate of drug-likeness (QED) is 0.908. The lowest BCUT2D eigenvalue weighted by Gasteiger charge is -2.28. The highest BCUT2D eigenvalue weighted by Gasteiger charge is 2.33. The lowest BCUT2D eigenvalue weighted by atomic mass is 10.2. The Morgan fingerprint density at radius 3 is 2.82 bits per heavy atom. The fourth-order valence-electron chi connectivity index (χ4n) is 2.30. The molecule has 22 heavy (non-hydrogen) atoms. The number of nitrogens with zero attached hydrogens (tertiary/aromatic N) is 1. The van der Waals surface area contributed by atoms with Crippen molar-refractivity contribution >= 4 is 27.5 Å². The largest absolute Gasteiger partial charge is 0.444 e. The van der Waals surface area contributed by atoms with Crippen LogP contribution in [0.3, 0.4) is 0 Å². The fourth-order valence-corrected chi connectivity index (χ4v) is 4.41. The Balaban J connectivity index is 1.96. The number of carbonyl (C=O) groups is 1. The zero-order valence-corrected chi connectivity index (χ0v) is 14.7. The number of sulfonamides is 1. The van der Waals surface area contributed by atoms with Gasteiger partial charge in [0, 0.05) is 19.1 Å². The van der Waals surface area contributed by atoms with Crippen LogP contribution < -0.4 is 4.72 Å². The van der Waals surface area contributed by atoms with Crippen LogP contribution in [0.15, 0.2) is 21.7 Å². The molecule has 1 atom stereocenters. The normalized spacial score (nSPS) is 19.4. The second kappa shape index (κ2) is 6.55. The molecular formula is C14H22N2O4S2. The number of rotatable bonds is 4. The number of carbonyl (C=O) groups excluding carboxylic acids is 1. The molecule has 6 nitrogen and oxygen atoms in total. The number of nitrogens with one attached hydrogen (secondary N) is 1. The van der Waals surface area contributed by atoms with Gasteiger partial charge < -0.3 is 9.64 Å². The van der Waals surface area contributed by atoms with Crippen LogP contribution in [0.4, 0.5) is 4.79 Å². The Labute approximate surface area is 135 Å². The molecule has 0 bridgehead atoms. The van der Waals surface area contributed by atoms with E-state index in [1.54, 1.807) is 22.4 Å². The molecule has 0 spiro atoms. The van der Waals surface area contributed by atoms with Gasteiger partial charge in [-0.05, 0) is 45.1 Å². The highest BCUT2D eigenvalue weighted by atomic mass is 32.2. The molecule has 1 unspecified atom stereocenters. The van der Waals surface area contributed by atoms with Gasteiger partial charge in [0.1, 0.15) is 9.81 Å². The average Bonchev–Trinajstić information content (AvgIpc) is 3.06. The van der Waals surface area contributed by atoms with Gasteiger partial charge in [-0.25, -0.2) is 17.9 Å². The van der Waals surface area contributed by atoms with E-state index in [9.17, 15) is 13.2 Å². The Bertz CT molecular complexity index is 605. The zero-order chi connectivity index (χ0) is 16.4. The summed E-state index contributed by atoms with van der Waals surface area (Å²) in [5, 5.41) is 1.72. The van der Waals surface area contributed by atoms with Crippen molar-refractivity contribution in [2.24, 2.45) is 0 Å². The standard InChI is InChI=1S/C14H22N2O4S2/c1-14(2,3)20-13(17)16-8-4-6-11(16)10-15-22(18,19)12-7-5-9-21-12/h5,7,9,11,15H,4,6,8,10H2,1-3H3. The third kappa shape index (κ3) is 4.44. The van der Waals surface area contributed by atoms with Crippen molar-refractivity contribution in [1.82, 2.24) is 9.62 Å². The first-order chi connectivity index (χ1) is 10.2. The van der Waals surface area contributed by atoms with Gasteiger partial charge in [-0.1, -0.05) is 6.07 Å². The zero-order valence-electron chi connectivity index (χ0n) is 13.0. The molecule has 1 aliphatic rings. The summed E-state index contributed by atoms with van der Waals surface area (Å²) in [5.41, 5.74) is -0.555. The maximum absolute atomic E-state index is 12.2. The lowest BCUT2D eigenvalue weighted by molar-refractivity contribution is 0.0229. The molecule has 1 N–H and O–H groups in total. The van der Waals surface area contributed by atoms with Crippen molar-refractivity contribution < 1.29 is 17.9 Å². The fraction of sp³-hybridized carbons (Fsp3) is 0.643. The van der Waals surface area contributed by atoms with Crippen molar-refractivity contribution in [3.05, 3.63) is 17.5 Å². The number of amides is 1. The molecule has 1 aromatic rings. The van der Waals surface area contributed by atoms with Crippen molar-refractivity contribution in [3.63, 3.8) is 0 Å². The summed E-state index contributed by atoms with van der Waals surface area (Å²) in [5.74, 6) is 0. The molecule has 8 heteroatoms. The summed E-state index contributed by atoms with van der Waals surface area (Å²) in [4.78, 5) is 13.8. The van der Waals surface area contributed by atoms with Crippen LogP contribution in [0.25, 0.3) is 0 Å². The van der Waals surface area contributed by atoms with Crippen molar-refractivity contribution in [2.75, 3.05) is 13.1 Å². The van der Waals surface area contributed by atoms with Gasteiger partial charge in [-0.2, -0.15) is 0 Å². The third-order valence-electron chi connectivity index (χ3n) is 3.27. The van der Waals surface area contributed by atoms with Gasteiger partial charge in [-0.3, -0.25) is 0 Å². The highest BCUT2D eigenvalue weighted by molar-refractivity contribution is 7.91. The van der Waals surface area contributed by atoms with E-state index in [0.717, 1.165) is 12.8 Å². The summed E-state index contributed by atoms with van der Waals surface area (Å²) in [6.45, 7) is 6.25. The van der Waals surface area contributed by atoms with E-state index in [1.807, 2.05) is 20.8 Å². The van der Waals surface area contributed by atoms with E-state index in [1.165, 1.54) is 11.3 Å². The minimum atomic E-state index is -3.50. The number of likely N-dealkylation sites (tertiary alicyclic amines) is 1. The summed E-state index contributed by atoms with van der Waals surface area (Å²) in [6.07, 6.45) is 1.24. The molecule has 1 saturated heterocycles. The lowest BCUT2D eigenvalue weighted by Crippen LogP contribution is -2.45. The van der Waals surface area contributed by atoms with Crippen molar-refractivity contribution in [2.45, 2.75) is 49.5 Å². The maximum atomic E-state index is 12.2. The molecule has 1 aliphatic heterocycles. The molecule has 2 rings (SSSR count). The van der Waals surface area contributed by atoms with Gasteiger partial charge >= 0.3 is 6.09 Å². The smallest absolute Gasteiger partial charge is 0.410 e. The Morgan fingerprint density at radius 1 is 1.50 bits per heavy atom. The van der Waals surface area contributed by atoms with Crippen molar-refractivity contribution in [1.29, 1.82) is 0 Å². The number of hydrogen-bond acceptors (Lipinski definition) is 5. The first-order valence-electron chi connectivity index (χ1n) is 7.22. The van der Waals surface area contributed by atoms with E-state index >= 15 is 0 Å². The van der Waals surface area contributed by atoms with Crippen LogP contribution in [-0.4, -0.2) is 44.1 Å². The minimum absolute atomic E-state index is 0.162. The van der Waals surface area contributed by atoms with Crippen LogP contribution in [0.5, 0.6) is 0 Å². The second-order valence-electron chi connectivity index (χ2n) is 6.25. The van der Waals surface area contributed by atoms with Crippen LogP contribution in [0.2, 0.25) is 0 Å². The summed E-state index contributed by atoms with van der Waals surface area (Å²) in [7, 11) is -3.50. The van der Waals surface area contributed by atoms with Crippen LogP contribution in [0, 0.1) is 0 Å². The first kappa shape index (κ1) is 17.2. The van der Waals surface area contributed by atoms with Crippen molar-refractivity contribution in [3.8, 4) is 0 Å². The Hall–Kier alpha value is -1.12. The Morgan fingerprint density at radius 2 is 2.23 bits per heavy atom. The molecular weight excluding hydrogens is 324 g/mol. The monoisotopic (exact) mass is 346 g/mol. The van der Waals surface area contributed by atoms with Crippen LogP contribution in [-0.2, 0) is 14.8 Å². The van der Waals surface area contributed by atoms with Gasteiger partial charge in [0.05, 0.1) is 0 Å². The molecule has 0 aliphatic carbocycles. The molecule has 0 aromatic carbocycles. The molecule has 1 aromatic heterocycles. The molecule has 0 saturated carbocycles. The van der Waals surface area contributed by atoms with E-state index in [0.29, 0.717) is 6.54 Å². The highest BCUT2D eigenvalue weighted by Crippen LogP contribution is 2.21. The maximum Gasteiger partial charge on any atom is 0.410 e. The molecule has 1 fully saturated rings. The Kier molecular flexibility index (Phi) is 5.14. The number of thiophene rings is 1. The number of hydrogen-bond donors (Lipinski definition) is 1. The van der Waals surface area contributed by atoms with E-state index < -0.39 is 15.6 Å². The predicted molar refractivity (Wildman–Crippen MR) is 85.5 cm³/mol. The van der Waals surface area contributed by atoms with Gasteiger partial charge in [0.2, 0.25) is 10.0 Å². The predicted octanol–water partition coefficient (Wildman–Crippen LogP) is 2.43. The van der Waals surface area contributed by atoms with Gasteiger partial charge in [0.15, 0.2) is 0 Å². The van der Waals surface area contributed by atoms with Crippen LogP contribution in [0.1, 0.15) is 33.6 Å². The summed E-state index contributed by atoms with van der Waals surface area (Å²) < 4.78 is 32.5. The van der Waals surface area contributed by atoms with Gasteiger partial charge in [0.25, 0.3) is 0 Å². The van der Waals surface area contributed by atoms with E-state index in [2.05, 4.69) is 4.72 Å². The van der Waals surface area contributed by atoms with Crippen LogP contribution >= 0.6 is 11.3 Å². The van der Waals surface area contributed by atoms with Gasteiger partial charge in [-0.15, -0.1) is 11.3 Å².